The number of thiazole rings is 2. The van der Waals surface area contributed by atoms with Gasteiger partial charge in [-0.15, -0.1) is 0 Å². The Balaban J connectivity index is 0.00000204. The molecule has 0 radical (unpaired) electrons. The molecule has 168 valence electrons. The summed E-state index contributed by atoms with van der Waals surface area (Å²) in [7, 11) is -6.97. The quantitative estimate of drug-likeness (QED) is 0.176. The fraction of sp³-hybridized carbons (Fsp3) is 0.111. The smallest absolute Gasteiger partial charge is 0.744 e. The molecule has 34 heavy (non-hydrogen) atoms. The van der Waals surface area contributed by atoms with E-state index in [4.69, 9.17) is 9.47 Å². The van der Waals surface area contributed by atoms with Crippen molar-refractivity contribution in [3.8, 4) is 32.6 Å². The third-order valence-corrected chi connectivity index (χ3v) is 8.18. The van der Waals surface area contributed by atoms with Crippen LogP contribution < -0.4 is 68.6 Å². The summed E-state index contributed by atoms with van der Waals surface area (Å²) in [5, 5.41) is 0.378. The molecule has 0 spiro atoms. The van der Waals surface area contributed by atoms with Crippen LogP contribution in [-0.4, -0.2) is 50.1 Å². The van der Waals surface area contributed by atoms with Crippen molar-refractivity contribution < 1.29 is 94.5 Å². The van der Waals surface area contributed by atoms with E-state index in [2.05, 4.69) is 9.97 Å². The van der Waals surface area contributed by atoms with Crippen LogP contribution in [0.15, 0.2) is 46.2 Å². The van der Waals surface area contributed by atoms with Crippen molar-refractivity contribution in [2.45, 2.75) is 9.79 Å². The number of hydrogen-bond donors (Lipinski definition) is 0. The van der Waals surface area contributed by atoms with Gasteiger partial charge in [0.2, 0.25) is 0 Å². The molecule has 2 heterocycles. The van der Waals surface area contributed by atoms with Gasteiger partial charge in [-0.05, 0) is 24.3 Å². The van der Waals surface area contributed by atoms with Crippen LogP contribution in [-0.2, 0) is 20.2 Å². The van der Waals surface area contributed by atoms with E-state index in [0.29, 0.717) is 9.66 Å². The van der Waals surface area contributed by atoms with Gasteiger partial charge in [-0.25, -0.2) is 26.8 Å². The van der Waals surface area contributed by atoms with Crippen molar-refractivity contribution in [1.29, 1.82) is 0 Å². The Hall–Kier alpha value is -0.620. The number of aromatic nitrogens is 2. The van der Waals surface area contributed by atoms with E-state index in [1.807, 2.05) is 0 Å². The van der Waals surface area contributed by atoms with Gasteiger partial charge in [-0.3, -0.25) is 0 Å². The number of fused-ring (bicyclic) bond motifs is 1. The Morgan fingerprint density at radius 2 is 1.06 bits per heavy atom. The van der Waals surface area contributed by atoms with Crippen molar-refractivity contribution in [2.75, 3.05) is 14.2 Å². The van der Waals surface area contributed by atoms with Gasteiger partial charge >= 0.3 is 59.1 Å². The number of nitrogens with zero attached hydrogens (tertiary/aromatic N) is 2. The molecular formula is C18H12N2Na2O8S4. The second kappa shape index (κ2) is 11.2. The van der Waals surface area contributed by atoms with Crippen molar-refractivity contribution >= 4 is 52.6 Å². The largest absolute Gasteiger partial charge is 1.00 e. The topological polar surface area (TPSA) is 159 Å². The Bertz CT molecular complexity index is 1420. The van der Waals surface area contributed by atoms with E-state index in [1.54, 1.807) is 0 Å². The SMILES string of the molecule is COc1cccc(S(=O)(=O)[O-])c1-c1nc2sc(-c3c(OC)cccc3S(=O)(=O)[O-])nc2s1.[Na+].[Na+]. The standard InChI is InChI=1S/C18H14N2O8S4.2Na/c1-27-9-5-3-7-11(31(21,22)23)13(9)15-19-17-18(29-15)20-16(30-17)14-10(28-2)6-4-8-12(14)32(24,25)26;;/h3-8H,1-2H3,(H,21,22,23)(H,24,25,26);;/q;2*+1/p-2. The molecule has 0 aliphatic heterocycles. The minimum absolute atomic E-state index is 0. The molecule has 16 heteroatoms. The summed E-state index contributed by atoms with van der Waals surface area (Å²) in [6.45, 7) is 0. The first kappa shape index (κ1) is 29.6. The second-order valence-corrected chi connectivity index (χ2v) is 10.9. The summed E-state index contributed by atoms with van der Waals surface area (Å²) in [5.74, 6) is 0.293. The molecule has 0 aliphatic rings. The van der Waals surface area contributed by atoms with E-state index in [1.165, 1.54) is 38.5 Å². The van der Waals surface area contributed by atoms with Crippen LogP contribution in [0, 0.1) is 0 Å². The molecule has 0 aliphatic carbocycles. The maximum Gasteiger partial charge on any atom is 1.00 e. The van der Waals surface area contributed by atoms with Gasteiger partial charge < -0.3 is 18.6 Å². The first-order chi connectivity index (χ1) is 15.0. The third-order valence-electron chi connectivity index (χ3n) is 4.36. The number of ether oxygens (including phenoxy) is 2. The van der Waals surface area contributed by atoms with Crippen LogP contribution in [0.25, 0.3) is 30.8 Å². The molecule has 0 unspecified atom stereocenters. The van der Waals surface area contributed by atoms with E-state index in [0.717, 1.165) is 34.8 Å². The molecule has 0 saturated heterocycles. The summed E-state index contributed by atoms with van der Waals surface area (Å²) in [6.07, 6.45) is 0. The Labute approximate surface area is 247 Å². The van der Waals surface area contributed by atoms with E-state index < -0.39 is 30.0 Å². The van der Waals surface area contributed by atoms with Crippen molar-refractivity contribution in [3.05, 3.63) is 36.4 Å². The maximum atomic E-state index is 11.7. The molecular weight excluding hydrogens is 546 g/mol. The minimum atomic E-state index is -4.82. The third kappa shape index (κ3) is 5.68. The number of hydrogen-bond acceptors (Lipinski definition) is 12. The van der Waals surface area contributed by atoms with Crippen LogP contribution in [0.4, 0.5) is 0 Å². The molecule has 0 N–H and O–H groups in total. The summed E-state index contributed by atoms with van der Waals surface area (Å²) >= 11 is 1.98. The molecule has 2 aromatic carbocycles. The van der Waals surface area contributed by atoms with Crippen LogP contribution in [0.1, 0.15) is 0 Å². The average molecular weight is 559 g/mol. The van der Waals surface area contributed by atoms with Crippen molar-refractivity contribution in [3.63, 3.8) is 0 Å². The monoisotopic (exact) mass is 558 g/mol. The van der Waals surface area contributed by atoms with Gasteiger partial charge in [-0.1, -0.05) is 34.8 Å². The molecule has 0 bridgehead atoms. The molecule has 0 saturated carbocycles. The number of methoxy groups -OCH3 is 2. The maximum absolute atomic E-state index is 11.7. The Morgan fingerprint density at radius 3 is 1.35 bits per heavy atom. The van der Waals surface area contributed by atoms with Gasteiger partial charge in [0.15, 0.2) is 9.66 Å². The molecule has 4 aromatic rings. The van der Waals surface area contributed by atoms with E-state index in [-0.39, 0.29) is 91.8 Å². The predicted octanol–water partition coefficient (Wildman–Crippen LogP) is -3.08. The molecule has 0 amide bonds. The normalized spacial score (nSPS) is 11.5. The molecule has 4 rings (SSSR count). The van der Waals surface area contributed by atoms with Gasteiger partial charge in [0.25, 0.3) is 0 Å². The predicted molar refractivity (Wildman–Crippen MR) is 115 cm³/mol. The summed E-state index contributed by atoms with van der Waals surface area (Å²) in [6, 6.07) is 8.08. The molecule has 2 aromatic heterocycles. The average Bonchev–Trinajstić information content (AvgIpc) is 3.30. The van der Waals surface area contributed by atoms with Crippen LogP contribution in [0.3, 0.4) is 0 Å². The molecule has 0 fully saturated rings. The van der Waals surface area contributed by atoms with Gasteiger partial charge in [-0.2, -0.15) is 0 Å². The Kier molecular flexibility index (Phi) is 9.74. The van der Waals surface area contributed by atoms with Crippen LogP contribution in [0.2, 0.25) is 0 Å². The fourth-order valence-electron chi connectivity index (χ4n) is 3.06. The van der Waals surface area contributed by atoms with Gasteiger partial charge in [0.1, 0.15) is 41.8 Å². The van der Waals surface area contributed by atoms with E-state index >= 15 is 0 Å². The first-order valence-electron chi connectivity index (χ1n) is 8.58. The summed E-state index contributed by atoms with van der Waals surface area (Å²) < 4.78 is 80.9. The zero-order chi connectivity index (χ0) is 23.3. The second-order valence-electron chi connectivity index (χ2n) is 6.22. The van der Waals surface area contributed by atoms with Crippen molar-refractivity contribution in [1.82, 2.24) is 9.97 Å². The number of benzene rings is 2. The van der Waals surface area contributed by atoms with Gasteiger partial charge in [0, 0.05) is 0 Å². The zero-order valence-electron chi connectivity index (χ0n) is 18.3. The van der Waals surface area contributed by atoms with Crippen LogP contribution >= 0.6 is 22.7 Å². The summed E-state index contributed by atoms with van der Waals surface area (Å²) in [5.41, 5.74) is 0.0312. The zero-order valence-corrected chi connectivity index (χ0v) is 25.5. The van der Waals surface area contributed by atoms with Gasteiger partial charge in [0.05, 0.1) is 35.1 Å². The minimum Gasteiger partial charge on any atom is -0.744 e. The summed E-state index contributed by atoms with van der Waals surface area (Å²) in [4.78, 5) is 8.49. The molecule has 0 atom stereocenters. The first-order valence-corrected chi connectivity index (χ1v) is 13.0. The van der Waals surface area contributed by atoms with Crippen molar-refractivity contribution in [2.24, 2.45) is 0 Å². The number of rotatable bonds is 6. The van der Waals surface area contributed by atoms with Crippen LogP contribution in [0.5, 0.6) is 11.5 Å². The molecule has 10 nitrogen and oxygen atoms in total. The Morgan fingerprint density at radius 1 is 0.706 bits per heavy atom. The fourth-order valence-corrected chi connectivity index (χ4v) is 6.74. The van der Waals surface area contributed by atoms with E-state index in [9.17, 15) is 25.9 Å².